The molecular weight excluding hydrogens is 280 g/mol. The van der Waals surface area contributed by atoms with E-state index in [0.717, 1.165) is 42.7 Å². The third kappa shape index (κ3) is 2.32. The molecule has 0 aromatic carbocycles. The first-order valence-electron chi connectivity index (χ1n) is 7.23. The van der Waals surface area contributed by atoms with Gasteiger partial charge in [-0.25, -0.2) is 9.97 Å². The van der Waals surface area contributed by atoms with Gasteiger partial charge < -0.3 is 10.2 Å². The maximum Gasteiger partial charge on any atom is 0.178 e. The fourth-order valence-corrected chi connectivity index (χ4v) is 2.59. The maximum absolute atomic E-state index is 4.59. The molecule has 1 N–H and O–H groups in total. The van der Waals surface area contributed by atoms with Crippen molar-refractivity contribution in [2.45, 2.75) is 6.92 Å². The highest BCUT2D eigenvalue weighted by Gasteiger charge is 2.28. The van der Waals surface area contributed by atoms with Crippen LogP contribution in [0.15, 0.2) is 30.7 Å². The van der Waals surface area contributed by atoms with Crippen LogP contribution in [0.2, 0.25) is 0 Å². The van der Waals surface area contributed by atoms with E-state index in [9.17, 15) is 0 Å². The highest BCUT2D eigenvalue weighted by molar-refractivity contribution is 5.47. The van der Waals surface area contributed by atoms with E-state index in [2.05, 4.69) is 35.5 Å². The number of fused-ring (bicyclic) bond motifs is 1. The molecule has 0 radical (unpaired) electrons. The quantitative estimate of drug-likeness (QED) is 0.761. The molecule has 3 aromatic heterocycles. The van der Waals surface area contributed by atoms with Crippen LogP contribution in [0.25, 0.3) is 5.65 Å². The van der Waals surface area contributed by atoms with Gasteiger partial charge in [-0.3, -0.25) is 0 Å². The van der Waals surface area contributed by atoms with Gasteiger partial charge in [-0.2, -0.15) is 4.52 Å². The molecule has 0 saturated carbocycles. The molecule has 8 heteroatoms. The molecule has 4 heterocycles. The summed E-state index contributed by atoms with van der Waals surface area (Å²) in [5, 5.41) is 16.0. The number of aromatic nitrogens is 6. The van der Waals surface area contributed by atoms with Gasteiger partial charge in [-0.15, -0.1) is 15.3 Å². The Bertz CT molecular complexity index is 778. The number of hydrogen-bond donors (Lipinski definition) is 1. The second-order valence-electron chi connectivity index (χ2n) is 5.46. The van der Waals surface area contributed by atoms with Gasteiger partial charge in [-0.1, -0.05) is 0 Å². The molecule has 1 aliphatic heterocycles. The van der Waals surface area contributed by atoms with Gasteiger partial charge in [0.1, 0.15) is 18.0 Å². The van der Waals surface area contributed by atoms with Crippen molar-refractivity contribution in [1.29, 1.82) is 0 Å². The average Bonchev–Trinajstić information content (AvgIpc) is 2.88. The van der Waals surface area contributed by atoms with E-state index >= 15 is 0 Å². The van der Waals surface area contributed by atoms with E-state index in [-0.39, 0.29) is 0 Å². The van der Waals surface area contributed by atoms with E-state index in [0.29, 0.717) is 5.92 Å². The summed E-state index contributed by atoms with van der Waals surface area (Å²) in [6.45, 7) is 4.78. The van der Waals surface area contributed by atoms with Crippen molar-refractivity contribution in [3.8, 4) is 0 Å². The third-order valence-corrected chi connectivity index (χ3v) is 3.84. The van der Waals surface area contributed by atoms with E-state index < -0.39 is 0 Å². The molecule has 0 spiro atoms. The summed E-state index contributed by atoms with van der Waals surface area (Å²) in [4.78, 5) is 10.3. The molecule has 0 atom stereocenters. The summed E-state index contributed by atoms with van der Waals surface area (Å²) in [6.07, 6.45) is 3.29. The van der Waals surface area contributed by atoms with Crippen molar-refractivity contribution in [1.82, 2.24) is 29.8 Å². The van der Waals surface area contributed by atoms with E-state index in [1.807, 2.05) is 25.1 Å². The zero-order valence-electron chi connectivity index (χ0n) is 12.2. The van der Waals surface area contributed by atoms with Crippen LogP contribution in [-0.4, -0.2) is 49.4 Å². The molecule has 1 aliphatic rings. The van der Waals surface area contributed by atoms with Crippen LogP contribution in [0.5, 0.6) is 0 Å². The van der Waals surface area contributed by atoms with Gasteiger partial charge in [-0.05, 0) is 25.1 Å². The lowest BCUT2D eigenvalue weighted by Gasteiger charge is -2.40. The Morgan fingerprint density at radius 2 is 2.14 bits per heavy atom. The highest BCUT2D eigenvalue weighted by Crippen LogP contribution is 2.23. The van der Waals surface area contributed by atoms with Crippen LogP contribution < -0.4 is 10.2 Å². The van der Waals surface area contributed by atoms with Crippen molar-refractivity contribution in [2.75, 3.05) is 29.9 Å². The van der Waals surface area contributed by atoms with Gasteiger partial charge in [0.05, 0.1) is 0 Å². The van der Waals surface area contributed by atoms with E-state index in [1.54, 1.807) is 17.0 Å². The number of anilines is 2. The lowest BCUT2D eigenvalue weighted by molar-refractivity contribution is 0.424. The summed E-state index contributed by atoms with van der Waals surface area (Å²) in [6, 6.07) is 5.83. The standard InChI is InChI=1S/C14H16N8/c1-10-18-19-13-2-3-14(20-22(10)13)21-7-11(8-21)6-16-12-4-5-15-9-17-12/h2-5,9,11H,6-8H2,1H3,(H,15,16,17). The number of rotatable bonds is 4. The molecular formula is C14H16N8. The Kier molecular flexibility index (Phi) is 3.06. The molecule has 1 saturated heterocycles. The Morgan fingerprint density at radius 3 is 2.95 bits per heavy atom. The summed E-state index contributed by atoms with van der Waals surface area (Å²) in [7, 11) is 0. The summed E-state index contributed by atoms with van der Waals surface area (Å²) < 4.78 is 1.78. The molecule has 0 bridgehead atoms. The smallest absolute Gasteiger partial charge is 0.178 e. The van der Waals surface area contributed by atoms with Gasteiger partial charge >= 0.3 is 0 Å². The normalized spacial score (nSPS) is 15.0. The number of nitrogens with zero attached hydrogens (tertiary/aromatic N) is 7. The van der Waals surface area contributed by atoms with Crippen LogP contribution in [0.4, 0.5) is 11.6 Å². The fraction of sp³-hybridized carbons (Fsp3) is 0.357. The predicted octanol–water partition coefficient (Wildman–Crippen LogP) is 0.771. The van der Waals surface area contributed by atoms with Crippen LogP contribution in [0, 0.1) is 12.8 Å². The zero-order chi connectivity index (χ0) is 14.9. The lowest BCUT2D eigenvalue weighted by atomic mass is 10.0. The lowest BCUT2D eigenvalue weighted by Crippen LogP contribution is -2.50. The molecule has 22 heavy (non-hydrogen) atoms. The van der Waals surface area contributed by atoms with Gasteiger partial charge in [0, 0.05) is 31.7 Å². The van der Waals surface area contributed by atoms with Crippen molar-refractivity contribution in [3.05, 3.63) is 36.5 Å². The molecule has 0 aliphatic carbocycles. The Labute approximate surface area is 127 Å². The van der Waals surface area contributed by atoms with E-state index in [1.165, 1.54) is 0 Å². The first kappa shape index (κ1) is 12.9. The van der Waals surface area contributed by atoms with Gasteiger partial charge in [0.15, 0.2) is 11.5 Å². The third-order valence-electron chi connectivity index (χ3n) is 3.84. The van der Waals surface area contributed by atoms with Crippen LogP contribution in [0.1, 0.15) is 5.82 Å². The minimum Gasteiger partial charge on any atom is -0.370 e. The maximum atomic E-state index is 4.59. The zero-order valence-corrected chi connectivity index (χ0v) is 12.2. The molecule has 8 nitrogen and oxygen atoms in total. The molecule has 1 fully saturated rings. The second-order valence-corrected chi connectivity index (χ2v) is 5.46. The average molecular weight is 296 g/mol. The predicted molar refractivity (Wildman–Crippen MR) is 81.7 cm³/mol. The van der Waals surface area contributed by atoms with Crippen molar-refractivity contribution >= 4 is 17.3 Å². The minimum atomic E-state index is 0.592. The van der Waals surface area contributed by atoms with Crippen LogP contribution in [0.3, 0.4) is 0 Å². The molecule has 112 valence electrons. The van der Waals surface area contributed by atoms with Crippen molar-refractivity contribution < 1.29 is 0 Å². The monoisotopic (exact) mass is 296 g/mol. The van der Waals surface area contributed by atoms with Gasteiger partial charge in [0.25, 0.3) is 0 Å². The molecule has 0 unspecified atom stereocenters. The second kappa shape index (κ2) is 5.21. The SMILES string of the molecule is Cc1nnc2ccc(N3CC(CNc4ccncn4)C3)nn12. The van der Waals surface area contributed by atoms with Crippen LogP contribution in [-0.2, 0) is 0 Å². The van der Waals surface area contributed by atoms with Gasteiger partial charge in [0.2, 0.25) is 0 Å². The highest BCUT2D eigenvalue weighted by atomic mass is 15.4. The molecule has 0 amide bonds. The number of nitrogens with one attached hydrogen (secondary N) is 1. The molecule has 3 aromatic rings. The Hall–Kier alpha value is -2.77. The summed E-state index contributed by atoms with van der Waals surface area (Å²) in [5.74, 6) is 3.23. The summed E-state index contributed by atoms with van der Waals surface area (Å²) in [5.41, 5.74) is 0.781. The van der Waals surface area contributed by atoms with Crippen molar-refractivity contribution in [3.63, 3.8) is 0 Å². The summed E-state index contributed by atoms with van der Waals surface area (Å²) >= 11 is 0. The minimum absolute atomic E-state index is 0.592. The Morgan fingerprint density at radius 1 is 1.23 bits per heavy atom. The first-order valence-corrected chi connectivity index (χ1v) is 7.23. The number of hydrogen-bond acceptors (Lipinski definition) is 7. The van der Waals surface area contributed by atoms with Crippen LogP contribution >= 0.6 is 0 Å². The number of aryl methyl sites for hydroxylation is 1. The van der Waals surface area contributed by atoms with E-state index in [4.69, 9.17) is 0 Å². The first-order chi connectivity index (χ1) is 10.8. The topological polar surface area (TPSA) is 84.1 Å². The van der Waals surface area contributed by atoms with Crippen molar-refractivity contribution in [2.24, 2.45) is 5.92 Å². The Balaban J connectivity index is 1.37. The molecule has 4 rings (SSSR count). The largest absolute Gasteiger partial charge is 0.370 e. The fourth-order valence-electron chi connectivity index (χ4n) is 2.59.